The smallest absolute Gasteiger partial charge is 0.123 e. The highest BCUT2D eigenvalue weighted by molar-refractivity contribution is 5.80. The number of hydrogen-bond donors (Lipinski definition) is 1. The van der Waals surface area contributed by atoms with Gasteiger partial charge in [-0.25, -0.2) is 4.39 Å². The third-order valence-electron chi connectivity index (χ3n) is 3.81. The fourth-order valence-electron chi connectivity index (χ4n) is 2.60. The second-order valence-corrected chi connectivity index (χ2v) is 5.80. The van der Waals surface area contributed by atoms with Crippen LogP contribution in [0.15, 0.2) is 54.6 Å². The van der Waals surface area contributed by atoms with Crippen molar-refractivity contribution in [3.8, 4) is 0 Å². The number of fused-ring (bicyclic) bond motifs is 1. The minimum Gasteiger partial charge on any atom is -0.375 e. The maximum absolute atomic E-state index is 13.2. The lowest BCUT2D eigenvalue weighted by atomic mass is 10.2. The molecule has 2 aromatic carbocycles. The minimum atomic E-state index is -0.203. The third-order valence-corrected chi connectivity index (χ3v) is 3.81. The Labute approximate surface area is 135 Å². The topological polar surface area (TPSA) is 28.3 Å². The Hall–Kier alpha value is -2.17. The van der Waals surface area contributed by atoms with E-state index in [-0.39, 0.29) is 5.82 Å². The summed E-state index contributed by atoms with van der Waals surface area (Å²) in [5.41, 5.74) is 3.24. The van der Waals surface area contributed by atoms with Gasteiger partial charge in [0.05, 0.1) is 13.2 Å². The van der Waals surface area contributed by atoms with Gasteiger partial charge >= 0.3 is 0 Å². The van der Waals surface area contributed by atoms with Crippen LogP contribution in [0.2, 0.25) is 0 Å². The zero-order valence-corrected chi connectivity index (χ0v) is 13.3. The molecule has 23 heavy (non-hydrogen) atoms. The highest BCUT2D eigenvalue weighted by Crippen LogP contribution is 2.17. The highest BCUT2D eigenvalue weighted by atomic mass is 19.1. The molecule has 0 radical (unpaired) electrons. The lowest BCUT2D eigenvalue weighted by Gasteiger charge is -2.15. The Kier molecular flexibility index (Phi) is 5.05. The van der Waals surface area contributed by atoms with Crippen molar-refractivity contribution in [1.82, 2.24) is 9.88 Å². The van der Waals surface area contributed by atoms with Crippen LogP contribution in [0.25, 0.3) is 10.9 Å². The number of nitrogens with one attached hydrogen (secondary N) is 1. The molecule has 3 nitrogen and oxygen atoms in total. The van der Waals surface area contributed by atoms with Crippen LogP contribution in [0, 0.1) is 5.82 Å². The summed E-state index contributed by atoms with van der Waals surface area (Å²) in [7, 11) is 2.05. The first-order chi connectivity index (χ1) is 11.2. The molecule has 0 bridgehead atoms. The minimum absolute atomic E-state index is 0.203. The number of rotatable bonds is 7. The summed E-state index contributed by atoms with van der Waals surface area (Å²) in [6, 6.07) is 17.0. The highest BCUT2D eigenvalue weighted by Gasteiger charge is 2.05. The molecule has 4 heteroatoms. The van der Waals surface area contributed by atoms with E-state index < -0.39 is 0 Å². The van der Waals surface area contributed by atoms with Gasteiger partial charge in [-0.3, -0.25) is 4.90 Å². The molecule has 1 N–H and O–H groups in total. The fourth-order valence-corrected chi connectivity index (χ4v) is 2.60. The Morgan fingerprint density at radius 1 is 1.09 bits per heavy atom. The molecule has 0 atom stereocenters. The van der Waals surface area contributed by atoms with E-state index in [0.29, 0.717) is 13.2 Å². The Morgan fingerprint density at radius 3 is 2.74 bits per heavy atom. The van der Waals surface area contributed by atoms with Gasteiger partial charge in [0.15, 0.2) is 0 Å². The molecule has 0 saturated carbocycles. The first kappa shape index (κ1) is 15.7. The lowest BCUT2D eigenvalue weighted by Crippen LogP contribution is -2.22. The quantitative estimate of drug-likeness (QED) is 0.669. The van der Waals surface area contributed by atoms with Crippen LogP contribution in [0.1, 0.15) is 11.3 Å². The van der Waals surface area contributed by atoms with Crippen LogP contribution in [0.3, 0.4) is 0 Å². The van der Waals surface area contributed by atoms with Crippen LogP contribution in [0.5, 0.6) is 0 Å². The molecular formula is C19H21FN2O. The number of ether oxygens (including phenoxy) is 1. The van der Waals surface area contributed by atoms with Gasteiger partial charge in [-0.1, -0.05) is 30.3 Å². The number of aromatic amines is 1. The number of benzene rings is 2. The maximum Gasteiger partial charge on any atom is 0.123 e. The summed E-state index contributed by atoms with van der Waals surface area (Å²) >= 11 is 0. The van der Waals surface area contributed by atoms with E-state index in [1.165, 1.54) is 11.6 Å². The van der Waals surface area contributed by atoms with Crippen molar-refractivity contribution in [3.63, 3.8) is 0 Å². The average Bonchev–Trinajstić information content (AvgIpc) is 2.94. The number of aromatic nitrogens is 1. The van der Waals surface area contributed by atoms with Crippen molar-refractivity contribution in [2.75, 3.05) is 20.2 Å². The number of likely N-dealkylation sites (N-methyl/N-ethyl adjacent to an activating group) is 1. The van der Waals surface area contributed by atoms with Gasteiger partial charge in [-0.2, -0.15) is 0 Å². The number of halogens is 1. The molecule has 1 heterocycles. The molecule has 3 aromatic rings. The van der Waals surface area contributed by atoms with Gasteiger partial charge in [-0.15, -0.1) is 0 Å². The molecular weight excluding hydrogens is 291 g/mol. The van der Waals surface area contributed by atoms with Crippen LogP contribution < -0.4 is 0 Å². The summed E-state index contributed by atoms with van der Waals surface area (Å²) in [5.74, 6) is -0.203. The van der Waals surface area contributed by atoms with Gasteiger partial charge in [0.2, 0.25) is 0 Å². The molecule has 0 aliphatic rings. The summed E-state index contributed by atoms with van der Waals surface area (Å²) in [4.78, 5) is 5.51. The van der Waals surface area contributed by atoms with Gasteiger partial charge < -0.3 is 9.72 Å². The van der Waals surface area contributed by atoms with E-state index in [2.05, 4.69) is 29.1 Å². The Morgan fingerprint density at radius 2 is 1.91 bits per heavy atom. The fraction of sp³-hybridized carbons (Fsp3) is 0.263. The first-order valence-electron chi connectivity index (χ1n) is 7.78. The largest absolute Gasteiger partial charge is 0.375 e. The summed E-state index contributed by atoms with van der Waals surface area (Å²) < 4.78 is 18.9. The van der Waals surface area contributed by atoms with Crippen LogP contribution in [0.4, 0.5) is 4.39 Å². The molecule has 0 aliphatic heterocycles. The van der Waals surface area contributed by atoms with Crippen LogP contribution in [-0.2, 0) is 17.9 Å². The zero-order valence-electron chi connectivity index (χ0n) is 13.3. The van der Waals surface area contributed by atoms with Crippen LogP contribution >= 0.6 is 0 Å². The maximum atomic E-state index is 13.2. The SMILES string of the molecule is CN(CCOCc1ccccc1)Cc1cc2cc(F)ccc2[nH]1. The van der Waals surface area contributed by atoms with Crippen molar-refractivity contribution in [1.29, 1.82) is 0 Å². The molecule has 1 aromatic heterocycles. The standard InChI is InChI=1S/C19H21FN2O/c1-22(9-10-23-14-15-5-3-2-4-6-15)13-18-12-16-11-17(20)7-8-19(16)21-18/h2-8,11-12,21H,9-10,13-14H2,1H3. The van der Waals surface area contributed by atoms with Gasteiger partial charge in [0.1, 0.15) is 5.82 Å². The van der Waals surface area contributed by atoms with E-state index in [0.717, 1.165) is 29.7 Å². The molecule has 0 saturated heterocycles. The Bertz CT molecular complexity index is 754. The van der Waals surface area contributed by atoms with E-state index in [1.54, 1.807) is 12.1 Å². The third kappa shape index (κ3) is 4.41. The van der Waals surface area contributed by atoms with Crippen molar-refractivity contribution >= 4 is 10.9 Å². The van der Waals surface area contributed by atoms with E-state index in [9.17, 15) is 4.39 Å². The number of nitrogens with zero attached hydrogens (tertiary/aromatic N) is 1. The van der Waals surface area contributed by atoms with E-state index >= 15 is 0 Å². The summed E-state index contributed by atoms with van der Waals surface area (Å²) in [5, 5.41) is 0.911. The van der Waals surface area contributed by atoms with Crippen LogP contribution in [-0.4, -0.2) is 30.1 Å². The molecule has 3 rings (SSSR count). The van der Waals surface area contributed by atoms with Crippen molar-refractivity contribution in [2.24, 2.45) is 0 Å². The molecule has 120 valence electrons. The summed E-state index contributed by atoms with van der Waals surface area (Å²) in [6.07, 6.45) is 0. The first-order valence-corrected chi connectivity index (χ1v) is 7.78. The Balaban J connectivity index is 1.45. The van der Waals surface area contributed by atoms with Gasteiger partial charge in [0, 0.05) is 29.7 Å². The molecule has 0 amide bonds. The van der Waals surface area contributed by atoms with Gasteiger partial charge in [0.25, 0.3) is 0 Å². The van der Waals surface area contributed by atoms with E-state index in [1.807, 2.05) is 24.3 Å². The molecule has 0 unspecified atom stereocenters. The average molecular weight is 312 g/mol. The van der Waals surface area contributed by atoms with E-state index in [4.69, 9.17) is 4.74 Å². The van der Waals surface area contributed by atoms with Crippen molar-refractivity contribution < 1.29 is 9.13 Å². The number of H-pyrrole nitrogens is 1. The predicted molar refractivity (Wildman–Crippen MR) is 90.7 cm³/mol. The zero-order chi connectivity index (χ0) is 16.1. The predicted octanol–water partition coefficient (Wildman–Crippen LogP) is 3.96. The van der Waals surface area contributed by atoms with Gasteiger partial charge in [-0.05, 0) is 36.9 Å². The monoisotopic (exact) mass is 312 g/mol. The summed E-state index contributed by atoms with van der Waals surface area (Å²) in [6.45, 7) is 2.95. The normalized spacial score (nSPS) is 11.4. The number of hydrogen-bond acceptors (Lipinski definition) is 2. The van der Waals surface area contributed by atoms with Crippen molar-refractivity contribution in [3.05, 3.63) is 71.7 Å². The molecule has 0 spiro atoms. The second-order valence-electron chi connectivity index (χ2n) is 5.80. The second kappa shape index (κ2) is 7.40. The van der Waals surface area contributed by atoms with Crippen molar-refractivity contribution in [2.45, 2.75) is 13.2 Å². The lowest BCUT2D eigenvalue weighted by molar-refractivity contribution is 0.0978. The molecule has 0 fully saturated rings. The molecule has 0 aliphatic carbocycles.